The van der Waals surface area contributed by atoms with Gasteiger partial charge in [0, 0.05) is 16.3 Å². The molecule has 21 heavy (non-hydrogen) atoms. The number of carboxylic acids is 1. The molecule has 1 aromatic carbocycles. The van der Waals surface area contributed by atoms with Crippen molar-refractivity contribution in [3.63, 3.8) is 0 Å². The fraction of sp³-hybridized carbons (Fsp3) is 0.286. The average Bonchev–Trinajstić information content (AvgIpc) is 2.99. The van der Waals surface area contributed by atoms with Crippen LogP contribution in [-0.2, 0) is 4.79 Å². The van der Waals surface area contributed by atoms with Gasteiger partial charge in [-0.15, -0.1) is 0 Å². The number of para-hydroxylation sites is 1. The summed E-state index contributed by atoms with van der Waals surface area (Å²) in [4.78, 5) is 17.3. The molecule has 4 nitrogen and oxygen atoms in total. The smallest absolute Gasteiger partial charge is 0.323 e. The van der Waals surface area contributed by atoms with E-state index in [-0.39, 0.29) is 6.54 Å². The Morgan fingerprint density at radius 2 is 2.14 bits per heavy atom. The normalized spacial score (nSPS) is 21.1. The number of carbonyl (C=O) groups is 1. The molecule has 7 heteroatoms. The second-order valence-electron chi connectivity index (χ2n) is 4.66. The van der Waals surface area contributed by atoms with Gasteiger partial charge in [0.25, 0.3) is 0 Å². The van der Waals surface area contributed by atoms with E-state index < -0.39 is 5.97 Å². The van der Waals surface area contributed by atoms with E-state index in [1.54, 1.807) is 16.7 Å². The fourth-order valence-corrected chi connectivity index (χ4v) is 5.11. The minimum Gasteiger partial charge on any atom is -0.480 e. The number of hydrogen-bond donors (Lipinski definition) is 1. The van der Waals surface area contributed by atoms with Crippen molar-refractivity contribution in [2.75, 3.05) is 24.5 Å². The summed E-state index contributed by atoms with van der Waals surface area (Å²) in [6.07, 6.45) is 0. The Morgan fingerprint density at radius 1 is 1.38 bits per heavy atom. The van der Waals surface area contributed by atoms with Crippen LogP contribution in [-0.4, -0.2) is 39.9 Å². The standard InChI is InChI=1S/C14H14N2O2S3/c1-2-16-9-5-3-4-6-10(9)20-13(16)11-7-15(8-12(17)18)14(19)21-11/h3-6H,2,7-8H2,1H3,(H,17,18). The van der Waals surface area contributed by atoms with Crippen molar-refractivity contribution in [3.05, 3.63) is 34.2 Å². The molecular weight excluding hydrogens is 324 g/mol. The van der Waals surface area contributed by atoms with Crippen molar-refractivity contribution in [1.29, 1.82) is 0 Å². The van der Waals surface area contributed by atoms with E-state index in [2.05, 4.69) is 24.0 Å². The van der Waals surface area contributed by atoms with Crippen molar-refractivity contribution in [3.8, 4) is 0 Å². The van der Waals surface area contributed by atoms with Crippen LogP contribution in [0.25, 0.3) is 0 Å². The van der Waals surface area contributed by atoms with Crippen LogP contribution in [0.3, 0.4) is 0 Å². The summed E-state index contributed by atoms with van der Waals surface area (Å²) >= 11 is 8.55. The summed E-state index contributed by atoms with van der Waals surface area (Å²) in [7, 11) is 0. The summed E-state index contributed by atoms with van der Waals surface area (Å²) in [5, 5.41) is 10.1. The summed E-state index contributed by atoms with van der Waals surface area (Å²) in [6, 6.07) is 8.31. The lowest BCUT2D eigenvalue weighted by atomic mass is 10.3. The van der Waals surface area contributed by atoms with Gasteiger partial charge in [-0.05, 0) is 19.1 Å². The molecule has 1 N–H and O–H groups in total. The SMILES string of the molecule is CCN1C(=C2CN(CC(=O)O)C(=S)S2)Sc2ccccc21. The molecule has 0 amide bonds. The third-order valence-corrected chi connectivity index (χ3v) is 6.16. The predicted octanol–water partition coefficient (Wildman–Crippen LogP) is 3.21. The van der Waals surface area contributed by atoms with E-state index in [9.17, 15) is 4.79 Å². The Morgan fingerprint density at radius 3 is 2.86 bits per heavy atom. The number of carboxylic acid groups (broad SMARTS) is 1. The van der Waals surface area contributed by atoms with Gasteiger partial charge in [-0.3, -0.25) is 4.79 Å². The lowest BCUT2D eigenvalue weighted by molar-refractivity contribution is -0.137. The molecule has 1 fully saturated rings. The van der Waals surface area contributed by atoms with Gasteiger partial charge in [0.1, 0.15) is 10.9 Å². The van der Waals surface area contributed by atoms with Crippen molar-refractivity contribution < 1.29 is 9.90 Å². The number of hydrogen-bond acceptors (Lipinski definition) is 5. The number of thiocarbonyl (C=S) groups is 1. The van der Waals surface area contributed by atoms with Crippen LogP contribution in [0.4, 0.5) is 5.69 Å². The zero-order chi connectivity index (χ0) is 15.0. The first-order valence-electron chi connectivity index (χ1n) is 6.56. The van der Waals surface area contributed by atoms with Gasteiger partial charge >= 0.3 is 5.97 Å². The van der Waals surface area contributed by atoms with Gasteiger partial charge in [-0.1, -0.05) is 47.9 Å². The van der Waals surface area contributed by atoms with Gasteiger partial charge < -0.3 is 14.9 Å². The van der Waals surface area contributed by atoms with Crippen LogP contribution >= 0.6 is 35.7 Å². The monoisotopic (exact) mass is 338 g/mol. The molecule has 0 unspecified atom stereocenters. The van der Waals surface area contributed by atoms with Crippen LogP contribution in [0.5, 0.6) is 0 Å². The van der Waals surface area contributed by atoms with E-state index in [1.165, 1.54) is 27.4 Å². The Labute approximate surface area is 137 Å². The highest BCUT2D eigenvalue weighted by atomic mass is 32.2. The van der Waals surface area contributed by atoms with E-state index in [1.807, 2.05) is 12.1 Å². The van der Waals surface area contributed by atoms with Crippen molar-refractivity contribution >= 4 is 51.7 Å². The minimum absolute atomic E-state index is 0.0354. The first kappa shape index (κ1) is 14.7. The molecule has 0 radical (unpaired) electrons. The van der Waals surface area contributed by atoms with E-state index in [0.29, 0.717) is 10.9 Å². The maximum absolute atomic E-state index is 10.9. The predicted molar refractivity (Wildman–Crippen MR) is 91.7 cm³/mol. The Balaban J connectivity index is 1.90. The highest BCUT2D eigenvalue weighted by molar-refractivity contribution is 8.26. The van der Waals surface area contributed by atoms with Crippen LogP contribution in [0.1, 0.15) is 6.92 Å². The van der Waals surface area contributed by atoms with E-state index in [0.717, 1.165) is 11.4 Å². The third kappa shape index (κ3) is 2.77. The summed E-state index contributed by atoms with van der Waals surface area (Å²) in [5.74, 6) is -0.848. The lowest BCUT2D eigenvalue weighted by Gasteiger charge is -2.19. The van der Waals surface area contributed by atoms with Crippen LogP contribution in [0.15, 0.2) is 39.1 Å². The van der Waals surface area contributed by atoms with Crippen LogP contribution < -0.4 is 4.90 Å². The van der Waals surface area contributed by atoms with E-state index >= 15 is 0 Å². The van der Waals surface area contributed by atoms with Crippen molar-refractivity contribution in [2.24, 2.45) is 0 Å². The molecule has 1 aromatic rings. The quantitative estimate of drug-likeness (QED) is 0.849. The summed E-state index contributed by atoms with van der Waals surface area (Å²) < 4.78 is 0.646. The summed E-state index contributed by atoms with van der Waals surface area (Å²) in [5.41, 5.74) is 1.22. The molecule has 0 aliphatic carbocycles. The van der Waals surface area contributed by atoms with Crippen molar-refractivity contribution in [2.45, 2.75) is 11.8 Å². The molecule has 0 saturated carbocycles. The number of benzene rings is 1. The van der Waals surface area contributed by atoms with Crippen molar-refractivity contribution in [1.82, 2.24) is 4.90 Å². The second kappa shape index (κ2) is 5.90. The van der Waals surface area contributed by atoms with E-state index in [4.69, 9.17) is 17.3 Å². The molecule has 3 rings (SSSR count). The van der Waals surface area contributed by atoms with Gasteiger partial charge in [0.15, 0.2) is 0 Å². The Bertz CT molecular complexity index is 645. The number of fused-ring (bicyclic) bond motifs is 1. The zero-order valence-electron chi connectivity index (χ0n) is 11.4. The number of thioether (sulfide) groups is 2. The highest BCUT2D eigenvalue weighted by Crippen LogP contribution is 2.49. The molecule has 2 heterocycles. The maximum Gasteiger partial charge on any atom is 0.323 e. The topological polar surface area (TPSA) is 43.8 Å². The first-order chi connectivity index (χ1) is 10.1. The first-order valence-corrected chi connectivity index (χ1v) is 8.60. The average molecular weight is 338 g/mol. The van der Waals surface area contributed by atoms with Gasteiger partial charge in [0.2, 0.25) is 0 Å². The second-order valence-corrected chi connectivity index (χ2v) is 7.42. The molecule has 0 spiro atoms. The molecule has 0 bridgehead atoms. The van der Waals surface area contributed by atoms with Gasteiger partial charge in [-0.25, -0.2) is 0 Å². The molecule has 2 aliphatic rings. The Kier molecular flexibility index (Phi) is 4.14. The lowest BCUT2D eigenvalue weighted by Crippen LogP contribution is -2.29. The summed E-state index contributed by atoms with van der Waals surface area (Å²) in [6.45, 7) is 3.56. The molecule has 0 atom stereocenters. The number of rotatable bonds is 3. The van der Waals surface area contributed by atoms with Gasteiger partial charge in [-0.2, -0.15) is 0 Å². The number of anilines is 1. The van der Waals surface area contributed by atoms with Crippen LogP contribution in [0.2, 0.25) is 0 Å². The maximum atomic E-state index is 10.9. The molecule has 1 saturated heterocycles. The molecule has 110 valence electrons. The molecule has 2 aliphatic heterocycles. The third-order valence-electron chi connectivity index (χ3n) is 3.29. The highest BCUT2D eigenvalue weighted by Gasteiger charge is 2.32. The zero-order valence-corrected chi connectivity index (χ0v) is 13.9. The largest absolute Gasteiger partial charge is 0.480 e. The molecular formula is C14H14N2O2S3. The molecule has 0 aromatic heterocycles. The van der Waals surface area contributed by atoms with Gasteiger partial charge in [0.05, 0.1) is 17.3 Å². The Hall–Kier alpha value is -1.18. The minimum atomic E-state index is -0.848. The van der Waals surface area contributed by atoms with Crippen LogP contribution in [0, 0.1) is 0 Å². The number of aliphatic carboxylic acids is 1. The fourth-order valence-electron chi connectivity index (χ4n) is 2.39. The number of nitrogens with zero attached hydrogens (tertiary/aromatic N) is 2.